The van der Waals surface area contributed by atoms with E-state index >= 15 is 0 Å². The second-order valence-corrected chi connectivity index (χ2v) is 33.7. The number of hydrogen-bond acceptors (Lipinski definition) is 3. The molecule has 104 heavy (non-hydrogen) atoms. The van der Waals surface area contributed by atoms with Gasteiger partial charge in [-0.25, -0.2) is 8.78 Å². The highest BCUT2D eigenvalue weighted by atomic mass is 31.2. The molecule has 536 valence electrons. The van der Waals surface area contributed by atoms with Crippen LogP contribution in [0.4, 0.5) is 8.78 Å². The van der Waals surface area contributed by atoms with Gasteiger partial charge in [0.15, 0.2) is 0 Å². The first-order valence-corrected chi connectivity index (χ1v) is 40.1. The van der Waals surface area contributed by atoms with Crippen molar-refractivity contribution in [3.05, 3.63) is 378 Å². The largest absolute Gasteiger partial charge is 0.314 e. The van der Waals surface area contributed by atoms with E-state index in [1.54, 1.807) is 25.1 Å². The monoisotopic (exact) mass is 1420 g/mol. The van der Waals surface area contributed by atoms with Crippen molar-refractivity contribution in [3.63, 3.8) is 0 Å². The van der Waals surface area contributed by atoms with Crippen LogP contribution in [0.15, 0.2) is 261 Å². The van der Waals surface area contributed by atoms with E-state index < -0.39 is 14.3 Å². The van der Waals surface area contributed by atoms with Crippen LogP contribution in [0, 0.1) is 148 Å². The maximum Gasteiger partial charge on any atom is 0.207 e. The Morgan fingerprint density at radius 3 is 0.885 bits per heavy atom. The molecule has 0 aliphatic rings. The SMILES string of the molecule is CB(c1c(C)cc(C)cc1C)c1c(C)cc(C)cc1C.CB(c1ccccc1)c1ccccc1.CP(=O)(c1ccccc1)c1ccccc1.Cc1cc(C)c(P(C)(=O)c2c(C)cc(C)cc2C)c(C)c1.Cc1cc(C)cc(C)c1.Cc1ccc(C#N)cc1.Cc1cccc(F)c1.Cc1ccccc1F. The Kier molecular flexibility index (Phi) is 33.7. The van der Waals surface area contributed by atoms with Crippen LogP contribution in [0.5, 0.6) is 0 Å². The molecule has 0 spiro atoms. The van der Waals surface area contributed by atoms with Crippen LogP contribution in [0.3, 0.4) is 0 Å². The molecule has 0 bridgehead atoms. The van der Waals surface area contributed by atoms with Crippen LogP contribution in [0.1, 0.15) is 106 Å². The van der Waals surface area contributed by atoms with E-state index in [9.17, 15) is 17.9 Å². The fourth-order valence-corrected chi connectivity index (χ4v) is 18.9. The molecule has 0 aliphatic carbocycles. The molecule has 12 aromatic rings. The van der Waals surface area contributed by atoms with E-state index in [1.165, 1.54) is 107 Å². The highest BCUT2D eigenvalue weighted by Gasteiger charge is 2.29. The first-order valence-electron chi connectivity index (χ1n) is 35.8. The molecule has 0 amide bonds. The van der Waals surface area contributed by atoms with E-state index in [2.05, 4.69) is 251 Å². The zero-order valence-electron chi connectivity index (χ0n) is 65.9. The summed E-state index contributed by atoms with van der Waals surface area (Å²) < 4.78 is 50.8. The zero-order chi connectivity index (χ0) is 77.0. The van der Waals surface area contributed by atoms with Gasteiger partial charge in [0.25, 0.3) is 0 Å². The molecule has 0 aromatic heterocycles. The van der Waals surface area contributed by atoms with Crippen molar-refractivity contribution in [2.75, 3.05) is 13.3 Å². The Morgan fingerprint density at radius 1 is 0.288 bits per heavy atom. The fourth-order valence-electron chi connectivity index (χ4n) is 13.9. The molecular formula is C95H109B2F2NO2P2. The summed E-state index contributed by atoms with van der Waals surface area (Å²) in [4.78, 5) is 0. The van der Waals surface area contributed by atoms with Crippen LogP contribution in [0.25, 0.3) is 0 Å². The summed E-state index contributed by atoms with van der Waals surface area (Å²) >= 11 is 0. The molecule has 0 saturated carbocycles. The third kappa shape index (κ3) is 26.4. The summed E-state index contributed by atoms with van der Waals surface area (Å²) in [5, 5.41) is 12.3. The summed E-state index contributed by atoms with van der Waals surface area (Å²) in [7, 11) is -4.98. The van der Waals surface area contributed by atoms with Crippen LogP contribution in [-0.4, -0.2) is 26.8 Å². The number of nitrogens with zero attached hydrogens (tertiary/aromatic N) is 1. The van der Waals surface area contributed by atoms with Crippen molar-refractivity contribution >= 4 is 70.8 Å². The first kappa shape index (κ1) is 85.2. The van der Waals surface area contributed by atoms with Gasteiger partial charge in [0, 0.05) is 21.2 Å². The van der Waals surface area contributed by atoms with Crippen molar-refractivity contribution in [2.24, 2.45) is 0 Å². The van der Waals surface area contributed by atoms with E-state index in [0.29, 0.717) is 19.0 Å². The highest BCUT2D eigenvalue weighted by Crippen LogP contribution is 2.44. The van der Waals surface area contributed by atoms with Gasteiger partial charge < -0.3 is 9.13 Å². The lowest BCUT2D eigenvalue weighted by Gasteiger charge is -2.23. The van der Waals surface area contributed by atoms with Gasteiger partial charge in [-0.05, 0) is 202 Å². The molecule has 0 saturated heterocycles. The third-order valence-corrected chi connectivity index (χ3v) is 23.9. The number of rotatable bonds is 8. The Labute approximate surface area is 625 Å². The van der Waals surface area contributed by atoms with E-state index in [-0.39, 0.29) is 11.6 Å². The Morgan fingerprint density at radius 2 is 0.596 bits per heavy atom. The van der Waals surface area contributed by atoms with Gasteiger partial charge in [-0.1, -0.05) is 333 Å². The average molecular weight is 1420 g/mol. The molecule has 0 N–H and O–H groups in total. The predicted octanol–water partition coefficient (Wildman–Crippen LogP) is 21.6. The average Bonchev–Trinajstić information content (AvgIpc) is 0.771. The molecule has 0 heterocycles. The number of nitriles is 1. The molecule has 12 rings (SSSR count). The fraction of sp³-hybridized carbons (Fsp3) is 0.232. The number of aryl methyl sites for hydroxylation is 18. The van der Waals surface area contributed by atoms with Gasteiger partial charge in [-0.3, -0.25) is 0 Å². The maximum atomic E-state index is 13.7. The number of halogens is 2. The predicted molar refractivity (Wildman–Crippen MR) is 455 cm³/mol. The summed E-state index contributed by atoms with van der Waals surface area (Å²) in [5.74, 6) is -0.294. The third-order valence-electron chi connectivity index (χ3n) is 18.2. The lowest BCUT2D eigenvalue weighted by Crippen LogP contribution is -2.45. The van der Waals surface area contributed by atoms with E-state index in [1.807, 2.05) is 124 Å². The van der Waals surface area contributed by atoms with Gasteiger partial charge in [-0.2, -0.15) is 5.26 Å². The van der Waals surface area contributed by atoms with Crippen molar-refractivity contribution in [1.82, 2.24) is 0 Å². The van der Waals surface area contributed by atoms with Gasteiger partial charge in [0.2, 0.25) is 13.4 Å². The molecule has 3 nitrogen and oxygen atoms in total. The lowest BCUT2D eigenvalue weighted by molar-refractivity contribution is 0.589. The van der Waals surface area contributed by atoms with Crippen LogP contribution < -0.4 is 43.1 Å². The minimum absolute atomic E-state index is 0.132. The quantitative estimate of drug-likeness (QED) is 0.113. The summed E-state index contributed by atoms with van der Waals surface area (Å²) in [6, 6.07) is 87.5. The minimum Gasteiger partial charge on any atom is -0.314 e. The van der Waals surface area contributed by atoms with Gasteiger partial charge in [-0.15, -0.1) is 0 Å². The molecule has 9 heteroatoms. The molecular weight excluding hydrogens is 1310 g/mol. The number of benzene rings is 12. The van der Waals surface area contributed by atoms with Gasteiger partial charge >= 0.3 is 0 Å². The normalized spacial score (nSPS) is 10.4. The van der Waals surface area contributed by atoms with E-state index in [0.717, 1.165) is 54.6 Å². The molecule has 0 atom stereocenters. The van der Waals surface area contributed by atoms with Crippen LogP contribution >= 0.6 is 14.3 Å². The Bertz CT molecular complexity index is 4480. The maximum absolute atomic E-state index is 13.7. The Hall–Kier alpha value is -9.42. The van der Waals surface area contributed by atoms with Crippen molar-refractivity contribution in [1.29, 1.82) is 5.26 Å². The smallest absolute Gasteiger partial charge is 0.207 e. The molecule has 12 aromatic carbocycles. The van der Waals surface area contributed by atoms with Crippen molar-refractivity contribution in [3.8, 4) is 6.07 Å². The molecule has 0 radical (unpaired) electrons. The zero-order valence-corrected chi connectivity index (χ0v) is 67.7. The Balaban J connectivity index is 0.000000219. The van der Waals surface area contributed by atoms with E-state index in [4.69, 9.17) is 5.26 Å². The van der Waals surface area contributed by atoms with Gasteiger partial charge in [0.05, 0.1) is 11.6 Å². The van der Waals surface area contributed by atoms with Crippen molar-refractivity contribution < 1.29 is 17.9 Å². The molecule has 0 unspecified atom stereocenters. The second kappa shape index (κ2) is 41.2. The topological polar surface area (TPSA) is 57.9 Å². The summed E-state index contributed by atoms with van der Waals surface area (Å²) in [6.45, 7) is 47.0. The summed E-state index contributed by atoms with van der Waals surface area (Å²) in [5.41, 5.74) is 28.7. The highest BCUT2D eigenvalue weighted by molar-refractivity contribution is 7.78. The van der Waals surface area contributed by atoms with Crippen molar-refractivity contribution in [2.45, 2.75) is 138 Å². The molecule has 0 fully saturated rings. The lowest BCUT2D eigenvalue weighted by atomic mass is 9.39. The first-order chi connectivity index (χ1) is 49.1. The van der Waals surface area contributed by atoms with Gasteiger partial charge in [0.1, 0.15) is 25.9 Å². The van der Waals surface area contributed by atoms with Crippen LogP contribution in [0.2, 0.25) is 13.6 Å². The molecule has 0 aliphatic heterocycles. The summed E-state index contributed by atoms with van der Waals surface area (Å²) in [6.07, 6.45) is 0. The number of hydrogen-bond donors (Lipinski definition) is 0. The standard InChI is InChI=1S/C19H25B.C19H25OP.C13H13B.C13H13OP.C9H12.C8H7N.2C7H7F/c1-12-8-14(3)18(15(4)9-12)20(7)19-16(5)10-13(2)11-17(19)6;1-12-8-14(3)18(15(4)9-12)21(7,20)19-16(5)10-13(2)11-17(19)6;1-14(12-8-4-2-5-9-12)13-10-6-3-7-11-13;1-15(14,12-8-4-2-5-9-12)13-10-6-3-7-11-13;1-7-4-8(2)6-9(3)5-7;1-7-2-4-8(6-9)5-3-7;1-6-3-2-4-7(8)5-6;1-6-4-2-3-5-7(6)8/h8-11H,1-7H3;8-11H,1-7H3;2-11H,1H3;2-11H,1H3;4-6H,1-3H3;2-5H,1H3;2*2-5H,1H3. The van der Waals surface area contributed by atoms with Crippen LogP contribution in [-0.2, 0) is 9.13 Å². The second-order valence-electron chi connectivity index (χ2n) is 28.1. The minimum atomic E-state index is -2.59.